The number of anilines is 1. The van der Waals surface area contributed by atoms with Gasteiger partial charge >= 0.3 is 17.5 Å². The summed E-state index contributed by atoms with van der Waals surface area (Å²) in [6, 6.07) is 0.0575. The summed E-state index contributed by atoms with van der Waals surface area (Å²) < 4.78 is 0. The zero-order valence-corrected chi connectivity index (χ0v) is 8.70. The number of carbonyl (C=O) groups excluding carboxylic acids is 2. The first-order chi connectivity index (χ1) is 8.06. The predicted octanol–water partition coefficient (Wildman–Crippen LogP) is -1.72. The molecule has 0 spiro atoms. The van der Waals surface area contributed by atoms with E-state index in [-0.39, 0.29) is 11.7 Å². The van der Waals surface area contributed by atoms with Gasteiger partial charge in [0, 0.05) is 12.2 Å². The van der Waals surface area contributed by atoms with Crippen molar-refractivity contribution >= 4 is 17.5 Å². The summed E-state index contributed by atoms with van der Waals surface area (Å²) in [4.78, 5) is 48.6. The van der Waals surface area contributed by atoms with E-state index in [1.165, 1.54) is 0 Å². The van der Waals surface area contributed by atoms with Crippen molar-refractivity contribution in [2.75, 3.05) is 5.32 Å². The second-order valence-electron chi connectivity index (χ2n) is 3.69. The van der Waals surface area contributed by atoms with Crippen molar-refractivity contribution in [1.29, 1.82) is 0 Å². The second kappa shape index (κ2) is 4.24. The lowest BCUT2D eigenvalue weighted by atomic mass is 10.4. The lowest BCUT2D eigenvalue weighted by Gasteiger charge is -2.03. The Balaban J connectivity index is 2.04. The Morgan fingerprint density at radius 3 is 2.53 bits per heavy atom. The molecule has 0 bridgehead atoms. The smallest absolute Gasteiger partial charge is 0.325 e. The van der Waals surface area contributed by atoms with E-state index in [1.54, 1.807) is 0 Å². The molecule has 0 radical (unpaired) electrons. The van der Waals surface area contributed by atoms with E-state index >= 15 is 0 Å². The van der Waals surface area contributed by atoms with E-state index in [0.717, 1.165) is 19.0 Å². The number of aromatic amines is 2. The minimum absolute atomic E-state index is 0.0575. The molecule has 1 saturated carbocycles. The van der Waals surface area contributed by atoms with E-state index in [4.69, 9.17) is 0 Å². The van der Waals surface area contributed by atoms with E-state index in [0.29, 0.717) is 0 Å². The standard InChI is InChI=1S/C9H10N4O4/c14-6-5(3-10-9(17)13-6)12-8(16)7(15)11-4-1-2-4/h3-4H,1-2H2,(H,11,15)(H,12,16)(H2,10,13,14,17). The first kappa shape index (κ1) is 11.1. The van der Waals surface area contributed by atoms with E-state index < -0.39 is 23.1 Å². The Hall–Kier alpha value is -2.38. The highest BCUT2D eigenvalue weighted by atomic mass is 16.2. The molecular formula is C9H10N4O4. The Bertz CT molecular complexity index is 569. The molecule has 0 aromatic carbocycles. The number of amides is 2. The minimum atomic E-state index is -0.936. The van der Waals surface area contributed by atoms with Crippen molar-refractivity contribution in [1.82, 2.24) is 15.3 Å². The fraction of sp³-hybridized carbons (Fsp3) is 0.333. The van der Waals surface area contributed by atoms with Crippen LogP contribution in [0.5, 0.6) is 0 Å². The largest absolute Gasteiger partial charge is 0.345 e. The lowest BCUT2D eigenvalue weighted by molar-refractivity contribution is -0.136. The average molecular weight is 238 g/mol. The van der Waals surface area contributed by atoms with Gasteiger partial charge in [-0.05, 0) is 12.8 Å². The summed E-state index contributed by atoms with van der Waals surface area (Å²) >= 11 is 0. The van der Waals surface area contributed by atoms with Gasteiger partial charge in [0.05, 0.1) is 0 Å². The van der Waals surface area contributed by atoms with Crippen LogP contribution in [0.1, 0.15) is 12.8 Å². The van der Waals surface area contributed by atoms with Crippen molar-refractivity contribution in [2.24, 2.45) is 0 Å². The maximum atomic E-state index is 11.3. The number of aromatic nitrogens is 2. The second-order valence-corrected chi connectivity index (χ2v) is 3.69. The summed E-state index contributed by atoms with van der Waals surface area (Å²) in [6.45, 7) is 0. The van der Waals surface area contributed by atoms with Gasteiger partial charge in [0.1, 0.15) is 5.69 Å². The topological polar surface area (TPSA) is 124 Å². The maximum Gasteiger partial charge on any atom is 0.325 e. The number of hydrogen-bond acceptors (Lipinski definition) is 4. The molecule has 2 amide bonds. The Morgan fingerprint density at radius 2 is 1.94 bits per heavy atom. The molecule has 8 heteroatoms. The molecule has 0 saturated heterocycles. The van der Waals surface area contributed by atoms with Crippen LogP contribution in [0.4, 0.5) is 5.69 Å². The van der Waals surface area contributed by atoms with Crippen LogP contribution in [0.15, 0.2) is 15.8 Å². The molecule has 1 aromatic rings. The highest BCUT2D eigenvalue weighted by Gasteiger charge is 2.26. The quantitative estimate of drug-likeness (QED) is 0.457. The molecule has 0 unspecified atom stereocenters. The molecule has 0 aliphatic heterocycles. The summed E-state index contributed by atoms with van der Waals surface area (Å²) in [5.74, 6) is -1.73. The molecule has 0 atom stereocenters. The van der Waals surface area contributed by atoms with Gasteiger partial charge in [0.25, 0.3) is 5.56 Å². The van der Waals surface area contributed by atoms with Crippen molar-refractivity contribution in [3.8, 4) is 0 Å². The summed E-state index contributed by atoms with van der Waals surface area (Å²) in [7, 11) is 0. The molecule has 4 N–H and O–H groups in total. The monoisotopic (exact) mass is 238 g/mol. The number of H-pyrrole nitrogens is 2. The van der Waals surface area contributed by atoms with Crippen molar-refractivity contribution in [3.63, 3.8) is 0 Å². The van der Waals surface area contributed by atoms with Crippen LogP contribution in [-0.4, -0.2) is 27.8 Å². The third kappa shape index (κ3) is 2.80. The Labute approximate surface area is 94.4 Å². The van der Waals surface area contributed by atoms with Crippen LogP contribution in [-0.2, 0) is 9.59 Å². The summed E-state index contributed by atoms with van der Waals surface area (Å²) in [6.07, 6.45) is 2.75. The average Bonchev–Trinajstić information content (AvgIpc) is 3.06. The number of carbonyl (C=O) groups is 2. The Kier molecular flexibility index (Phi) is 2.77. The van der Waals surface area contributed by atoms with Gasteiger partial charge in [-0.15, -0.1) is 0 Å². The highest BCUT2D eigenvalue weighted by Crippen LogP contribution is 2.18. The van der Waals surface area contributed by atoms with Crippen LogP contribution >= 0.6 is 0 Å². The minimum Gasteiger partial charge on any atom is -0.345 e. The van der Waals surface area contributed by atoms with Crippen LogP contribution in [0.3, 0.4) is 0 Å². The van der Waals surface area contributed by atoms with Gasteiger partial charge in [-0.25, -0.2) is 4.79 Å². The number of hydrogen-bond donors (Lipinski definition) is 4. The highest BCUT2D eigenvalue weighted by molar-refractivity contribution is 6.39. The maximum absolute atomic E-state index is 11.3. The molecule has 17 heavy (non-hydrogen) atoms. The third-order valence-electron chi connectivity index (χ3n) is 2.19. The first-order valence-electron chi connectivity index (χ1n) is 5.00. The molecule has 1 aliphatic carbocycles. The van der Waals surface area contributed by atoms with Gasteiger partial charge in [-0.2, -0.15) is 0 Å². The van der Waals surface area contributed by atoms with Crippen molar-refractivity contribution < 1.29 is 9.59 Å². The molecule has 90 valence electrons. The molecule has 1 heterocycles. The summed E-state index contributed by atoms with van der Waals surface area (Å²) in [5, 5.41) is 4.58. The lowest BCUT2D eigenvalue weighted by Crippen LogP contribution is -2.38. The summed E-state index contributed by atoms with van der Waals surface area (Å²) in [5.41, 5.74) is -1.63. The third-order valence-corrected chi connectivity index (χ3v) is 2.19. The molecule has 2 rings (SSSR count). The Morgan fingerprint density at radius 1 is 1.24 bits per heavy atom. The predicted molar refractivity (Wildman–Crippen MR) is 57.5 cm³/mol. The molecule has 1 fully saturated rings. The normalized spacial score (nSPS) is 14.1. The molecule has 8 nitrogen and oxygen atoms in total. The van der Waals surface area contributed by atoms with Gasteiger partial charge in [0.2, 0.25) is 0 Å². The van der Waals surface area contributed by atoms with Crippen molar-refractivity contribution in [3.05, 3.63) is 27.0 Å². The SMILES string of the molecule is O=C(Nc1c[nH]c(=O)[nH]c1=O)C(=O)NC1CC1. The first-order valence-corrected chi connectivity index (χ1v) is 5.00. The van der Waals surface area contributed by atoms with Crippen LogP contribution in [0, 0.1) is 0 Å². The zero-order chi connectivity index (χ0) is 12.4. The zero-order valence-electron chi connectivity index (χ0n) is 8.70. The molecular weight excluding hydrogens is 228 g/mol. The van der Waals surface area contributed by atoms with Gasteiger partial charge in [-0.1, -0.05) is 0 Å². The van der Waals surface area contributed by atoms with E-state index in [9.17, 15) is 19.2 Å². The van der Waals surface area contributed by atoms with Crippen LogP contribution in [0.25, 0.3) is 0 Å². The van der Waals surface area contributed by atoms with Gasteiger partial charge in [-0.3, -0.25) is 19.4 Å². The van der Waals surface area contributed by atoms with E-state index in [1.807, 2.05) is 4.98 Å². The molecule has 1 aromatic heterocycles. The fourth-order valence-electron chi connectivity index (χ4n) is 1.16. The molecule has 1 aliphatic rings. The van der Waals surface area contributed by atoms with Crippen LogP contribution < -0.4 is 21.9 Å². The van der Waals surface area contributed by atoms with Crippen LogP contribution in [0.2, 0.25) is 0 Å². The van der Waals surface area contributed by atoms with Gasteiger partial charge in [0.15, 0.2) is 0 Å². The fourth-order valence-corrected chi connectivity index (χ4v) is 1.16. The number of nitrogens with one attached hydrogen (secondary N) is 4. The van der Waals surface area contributed by atoms with Gasteiger partial charge < -0.3 is 15.6 Å². The van der Waals surface area contributed by atoms with Crippen molar-refractivity contribution in [2.45, 2.75) is 18.9 Å². The number of rotatable bonds is 2. The van der Waals surface area contributed by atoms with E-state index in [2.05, 4.69) is 15.6 Å².